The molecule has 20 heavy (non-hydrogen) atoms. The summed E-state index contributed by atoms with van der Waals surface area (Å²) in [4.78, 5) is 31.0. The summed E-state index contributed by atoms with van der Waals surface area (Å²) in [6.45, 7) is 4.04. The minimum Gasteiger partial charge on any atom is -0.340 e. The molecule has 6 heteroatoms. The Morgan fingerprint density at radius 3 is 2.65 bits per heavy atom. The van der Waals surface area contributed by atoms with Crippen LogP contribution in [0.2, 0.25) is 0 Å². The van der Waals surface area contributed by atoms with Crippen molar-refractivity contribution in [3.63, 3.8) is 0 Å². The van der Waals surface area contributed by atoms with Gasteiger partial charge in [-0.2, -0.15) is 0 Å². The number of carbonyl (C=O) groups excluding carboxylic acids is 2. The van der Waals surface area contributed by atoms with Crippen molar-refractivity contribution in [2.24, 2.45) is 0 Å². The van der Waals surface area contributed by atoms with Gasteiger partial charge in [0.2, 0.25) is 11.8 Å². The number of carbonyl (C=O) groups is 2. The van der Waals surface area contributed by atoms with Crippen molar-refractivity contribution in [1.29, 1.82) is 0 Å². The lowest BCUT2D eigenvalue weighted by molar-refractivity contribution is -0.155. The van der Waals surface area contributed by atoms with Crippen molar-refractivity contribution >= 4 is 23.2 Å². The van der Waals surface area contributed by atoms with Gasteiger partial charge in [-0.3, -0.25) is 9.59 Å². The maximum absolute atomic E-state index is 12.9. The van der Waals surface area contributed by atoms with Gasteiger partial charge in [0.05, 0.1) is 5.54 Å². The van der Waals surface area contributed by atoms with Gasteiger partial charge < -0.3 is 10.2 Å². The Labute approximate surface area is 122 Å². The van der Waals surface area contributed by atoms with Crippen LogP contribution in [0, 0.1) is 0 Å². The summed E-state index contributed by atoms with van der Waals surface area (Å²) in [6, 6.07) is 0. The molecule has 2 aliphatic rings. The normalized spacial score (nSPS) is 22.4. The van der Waals surface area contributed by atoms with Gasteiger partial charge in [-0.05, 0) is 26.7 Å². The van der Waals surface area contributed by atoms with Crippen LogP contribution in [0.1, 0.15) is 44.5 Å². The number of aromatic nitrogens is 1. The minimum atomic E-state index is -0.663. The van der Waals surface area contributed by atoms with E-state index in [-0.39, 0.29) is 18.4 Å². The molecule has 1 aliphatic heterocycles. The van der Waals surface area contributed by atoms with Crippen LogP contribution in [0.5, 0.6) is 0 Å². The maximum atomic E-state index is 12.9. The molecule has 0 atom stereocenters. The molecule has 1 aromatic heterocycles. The summed E-state index contributed by atoms with van der Waals surface area (Å²) in [6.07, 6.45) is 5.24. The van der Waals surface area contributed by atoms with Crippen molar-refractivity contribution in [3.05, 3.63) is 16.6 Å². The van der Waals surface area contributed by atoms with Crippen LogP contribution in [-0.4, -0.2) is 33.8 Å². The number of thiazole rings is 1. The number of nitrogens with zero attached hydrogens (tertiary/aromatic N) is 2. The van der Waals surface area contributed by atoms with Gasteiger partial charge in [0.25, 0.3) is 0 Å². The van der Waals surface area contributed by atoms with Gasteiger partial charge in [-0.15, -0.1) is 11.3 Å². The summed E-state index contributed by atoms with van der Waals surface area (Å²) in [5, 5.41) is 5.71. The first-order chi connectivity index (χ1) is 9.46. The summed E-state index contributed by atoms with van der Waals surface area (Å²) < 4.78 is 0. The fourth-order valence-electron chi connectivity index (χ4n) is 3.24. The van der Waals surface area contributed by atoms with Crippen molar-refractivity contribution in [3.8, 4) is 0 Å². The Kier molecular flexibility index (Phi) is 3.08. The molecule has 1 N–H and O–H groups in total. The Morgan fingerprint density at radius 2 is 2.05 bits per heavy atom. The van der Waals surface area contributed by atoms with E-state index in [1.807, 2.05) is 19.2 Å². The summed E-state index contributed by atoms with van der Waals surface area (Å²) >= 11 is 1.52. The van der Waals surface area contributed by atoms with Gasteiger partial charge in [-0.1, -0.05) is 12.8 Å². The van der Waals surface area contributed by atoms with E-state index in [4.69, 9.17) is 0 Å². The van der Waals surface area contributed by atoms with Crippen LogP contribution in [0.4, 0.5) is 0 Å². The van der Waals surface area contributed by atoms with E-state index in [0.29, 0.717) is 0 Å². The molecule has 0 unspecified atom stereocenters. The molecule has 1 aliphatic carbocycles. The molecule has 3 rings (SSSR count). The third-order valence-electron chi connectivity index (χ3n) is 4.42. The molecule has 2 fully saturated rings. The first-order valence-electron chi connectivity index (χ1n) is 6.99. The van der Waals surface area contributed by atoms with Crippen molar-refractivity contribution in [1.82, 2.24) is 15.2 Å². The van der Waals surface area contributed by atoms with Crippen LogP contribution in [0.25, 0.3) is 0 Å². The largest absolute Gasteiger partial charge is 0.340 e. The van der Waals surface area contributed by atoms with E-state index < -0.39 is 11.1 Å². The molecular formula is C14H19N3O2S. The zero-order valence-corrected chi connectivity index (χ0v) is 12.6. The fraction of sp³-hybridized carbons (Fsp3) is 0.643. The Bertz CT molecular complexity index is 533. The fourth-order valence-corrected chi connectivity index (χ4v) is 4.01. The lowest BCUT2D eigenvalue weighted by Gasteiger charge is -2.46. The molecule has 108 valence electrons. The standard InChI is InChI=1S/C14H19N3O2S/c1-13(2,11-15-7-8-20-11)17-9-10(18)16-14(12(17)19)5-3-4-6-14/h7-8H,3-6,9H2,1-2H3,(H,16,18). The molecule has 2 amide bonds. The molecule has 5 nitrogen and oxygen atoms in total. The van der Waals surface area contributed by atoms with Gasteiger partial charge in [0, 0.05) is 11.6 Å². The predicted octanol–water partition coefficient (Wildman–Crippen LogP) is 1.65. The highest BCUT2D eigenvalue weighted by Gasteiger charge is 2.52. The van der Waals surface area contributed by atoms with E-state index in [0.717, 1.165) is 30.7 Å². The highest BCUT2D eigenvalue weighted by atomic mass is 32.1. The average molecular weight is 293 g/mol. The molecular weight excluding hydrogens is 274 g/mol. The molecule has 0 bridgehead atoms. The van der Waals surface area contributed by atoms with Gasteiger partial charge >= 0.3 is 0 Å². The summed E-state index contributed by atoms with van der Waals surface area (Å²) in [5.41, 5.74) is -1.21. The van der Waals surface area contributed by atoms with Crippen LogP contribution in [0.15, 0.2) is 11.6 Å². The van der Waals surface area contributed by atoms with Gasteiger partial charge in [-0.25, -0.2) is 4.98 Å². The number of rotatable bonds is 2. The Hall–Kier alpha value is -1.43. The smallest absolute Gasteiger partial charge is 0.249 e. The van der Waals surface area contributed by atoms with E-state index in [1.54, 1.807) is 11.1 Å². The zero-order chi connectivity index (χ0) is 14.4. The monoisotopic (exact) mass is 293 g/mol. The second-order valence-electron chi connectivity index (χ2n) is 6.12. The van der Waals surface area contributed by atoms with Crippen LogP contribution in [-0.2, 0) is 15.1 Å². The van der Waals surface area contributed by atoms with E-state index in [9.17, 15) is 9.59 Å². The van der Waals surface area contributed by atoms with E-state index in [1.165, 1.54) is 11.3 Å². The highest BCUT2D eigenvalue weighted by Crippen LogP contribution is 2.38. The van der Waals surface area contributed by atoms with E-state index >= 15 is 0 Å². The predicted molar refractivity (Wildman–Crippen MR) is 76.2 cm³/mol. The summed E-state index contributed by atoms with van der Waals surface area (Å²) in [5.74, 6) is -0.00840. The topological polar surface area (TPSA) is 62.3 Å². The second kappa shape index (κ2) is 4.55. The maximum Gasteiger partial charge on any atom is 0.249 e. The Morgan fingerprint density at radius 1 is 1.35 bits per heavy atom. The highest BCUT2D eigenvalue weighted by molar-refractivity contribution is 7.09. The van der Waals surface area contributed by atoms with Gasteiger partial charge in [0.1, 0.15) is 17.1 Å². The van der Waals surface area contributed by atoms with Crippen molar-refractivity contribution < 1.29 is 9.59 Å². The molecule has 1 aromatic rings. The van der Waals surface area contributed by atoms with Crippen LogP contribution in [0.3, 0.4) is 0 Å². The molecule has 1 saturated heterocycles. The molecule has 1 spiro atoms. The first kappa shape index (κ1) is 13.5. The summed E-state index contributed by atoms with van der Waals surface area (Å²) in [7, 11) is 0. The number of hydrogen-bond donors (Lipinski definition) is 1. The molecule has 0 radical (unpaired) electrons. The second-order valence-corrected chi connectivity index (χ2v) is 7.02. The number of piperazine rings is 1. The van der Waals surface area contributed by atoms with E-state index in [2.05, 4.69) is 10.3 Å². The Balaban J connectivity index is 1.96. The number of amides is 2. The van der Waals surface area contributed by atoms with Crippen molar-refractivity contribution in [2.75, 3.05) is 6.54 Å². The molecule has 2 heterocycles. The molecule has 0 aromatic carbocycles. The lowest BCUT2D eigenvalue weighted by atomic mass is 9.89. The third kappa shape index (κ3) is 1.93. The van der Waals surface area contributed by atoms with Crippen molar-refractivity contribution in [2.45, 2.75) is 50.6 Å². The molecule has 1 saturated carbocycles. The SMILES string of the molecule is CC(C)(c1nccs1)N1CC(=O)NC2(CCCC2)C1=O. The quantitative estimate of drug-likeness (QED) is 0.902. The average Bonchev–Trinajstić information content (AvgIpc) is 3.05. The third-order valence-corrected chi connectivity index (χ3v) is 5.51. The first-order valence-corrected chi connectivity index (χ1v) is 7.87. The number of nitrogens with one attached hydrogen (secondary N) is 1. The zero-order valence-electron chi connectivity index (χ0n) is 11.8. The van der Waals surface area contributed by atoms with Crippen LogP contribution < -0.4 is 5.32 Å². The number of hydrogen-bond acceptors (Lipinski definition) is 4. The lowest BCUT2D eigenvalue weighted by Crippen LogP contribution is -2.68. The van der Waals surface area contributed by atoms with Crippen LogP contribution >= 0.6 is 11.3 Å². The van der Waals surface area contributed by atoms with Gasteiger partial charge in [0.15, 0.2) is 0 Å². The minimum absolute atomic E-state index is 0.0507.